The van der Waals surface area contributed by atoms with Gasteiger partial charge in [-0.15, -0.1) is 20.4 Å². The maximum Gasteiger partial charge on any atom is 0.293 e. The molecule has 1 aromatic carbocycles. The number of anilines is 2. The van der Waals surface area contributed by atoms with Gasteiger partial charge in [0.2, 0.25) is 10.3 Å². The SMILES string of the molecule is CSc1nnc(NS(=O)(=O)c2nnc(NC(=O)c3ccccc3Cl)s2)s1. The van der Waals surface area contributed by atoms with Gasteiger partial charge in [0.05, 0.1) is 10.6 Å². The molecular weight excluding hydrogens is 440 g/mol. The van der Waals surface area contributed by atoms with Gasteiger partial charge >= 0.3 is 0 Å². The van der Waals surface area contributed by atoms with Crippen LogP contribution in [0.3, 0.4) is 0 Å². The summed E-state index contributed by atoms with van der Waals surface area (Å²) in [6.07, 6.45) is 1.80. The Balaban J connectivity index is 1.74. The lowest BCUT2D eigenvalue weighted by Crippen LogP contribution is -2.12. The fourth-order valence-electron chi connectivity index (χ4n) is 1.67. The number of carbonyl (C=O) groups excluding carboxylic acids is 1. The number of hydrogen-bond acceptors (Lipinski definition) is 10. The first-order chi connectivity index (χ1) is 12.4. The minimum absolute atomic E-state index is 0.0253. The number of halogens is 1. The summed E-state index contributed by atoms with van der Waals surface area (Å²) in [7, 11) is -3.98. The molecule has 0 aliphatic rings. The summed E-state index contributed by atoms with van der Waals surface area (Å²) in [5.41, 5.74) is 0.241. The van der Waals surface area contributed by atoms with Crippen LogP contribution in [0.5, 0.6) is 0 Å². The molecule has 0 fully saturated rings. The van der Waals surface area contributed by atoms with Crippen LogP contribution in [-0.2, 0) is 10.0 Å². The fourth-order valence-corrected chi connectivity index (χ4v) is 5.19. The summed E-state index contributed by atoms with van der Waals surface area (Å²) in [5, 5.41) is 17.7. The van der Waals surface area contributed by atoms with Crippen LogP contribution in [0.25, 0.3) is 0 Å². The summed E-state index contributed by atoms with van der Waals surface area (Å²) in [6, 6.07) is 6.46. The lowest BCUT2D eigenvalue weighted by Gasteiger charge is -2.02. The minimum Gasteiger partial charge on any atom is -0.296 e. The van der Waals surface area contributed by atoms with Crippen molar-refractivity contribution in [2.75, 3.05) is 16.3 Å². The Hall–Kier alpha value is -1.80. The molecule has 0 atom stereocenters. The maximum atomic E-state index is 12.3. The lowest BCUT2D eigenvalue weighted by atomic mass is 10.2. The van der Waals surface area contributed by atoms with Crippen LogP contribution < -0.4 is 10.0 Å². The third-order valence-electron chi connectivity index (χ3n) is 2.78. The molecule has 136 valence electrons. The lowest BCUT2D eigenvalue weighted by molar-refractivity contribution is 0.102. The Morgan fingerprint density at radius 3 is 2.54 bits per heavy atom. The second kappa shape index (κ2) is 7.84. The number of benzene rings is 1. The molecule has 0 saturated heterocycles. The Morgan fingerprint density at radius 2 is 1.85 bits per heavy atom. The molecule has 0 radical (unpaired) electrons. The van der Waals surface area contributed by atoms with Crippen molar-refractivity contribution in [1.29, 1.82) is 0 Å². The van der Waals surface area contributed by atoms with E-state index < -0.39 is 15.9 Å². The number of aromatic nitrogens is 4. The first-order valence-electron chi connectivity index (χ1n) is 6.69. The summed E-state index contributed by atoms with van der Waals surface area (Å²) in [4.78, 5) is 12.2. The number of amides is 1. The van der Waals surface area contributed by atoms with E-state index in [0.29, 0.717) is 15.7 Å². The molecule has 1 amide bonds. The maximum absolute atomic E-state index is 12.3. The molecule has 0 aliphatic carbocycles. The second-order valence-electron chi connectivity index (χ2n) is 4.49. The largest absolute Gasteiger partial charge is 0.296 e. The third-order valence-corrected chi connectivity index (χ3v) is 7.60. The van der Waals surface area contributed by atoms with Crippen LogP contribution in [0.2, 0.25) is 5.02 Å². The monoisotopic (exact) mass is 448 g/mol. The smallest absolute Gasteiger partial charge is 0.293 e. The third kappa shape index (κ3) is 4.29. The number of thioether (sulfide) groups is 1. The first kappa shape index (κ1) is 19.0. The van der Waals surface area contributed by atoms with Gasteiger partial charge in [0.1, 0.15) is 0 Å². The second-order valence-corrected chi connectivity index (χ2v) is 9.76. The van der Waals surface area contributed by atoms with Gasteiger partial charge in [0.15, 0.2) is 4.34 Å². The molecule has 26 heavy (non-hydrogen) atoms. The van der Waals surface area contributed by atoms with Crippen LogP contribution in [0.1, 0.15) is 10.4 Å². The Kier molecular flexibility index (Phi) is 5.72. The van der Waals surface area contributed by atoms with E-state index in [1.54, 1.807) is 24.5 Å². The van der Waals surface area contributed by atoms with Gasteiger partial charge in [-0.05, 0) is 18.4 Å². The molecule has 14 heteroatoms. The summed E-state index contributed by atoms with van der Waals surface area (Å²) in [5.74, 6) is -0.516. The predicted octanol–water partition coefficient (Wildman–Crippen LogP) is 2.82. The topological polar surface area (TPSA) is 127 Å². The van der Waals surface area contributed by atoms with E-state index in [1.807, 2.05) is 0 Å². The van der Waals surface area contributed by atoms with Crippen LogP contribution in [0.15, 0.2) is 32.9 Å². The van der Waals surface area contributed by atoms with Crippen LogP contribution in [0, 0.1) is 0 Å². The van der Waals surface area contributed by atoms with E-state index in [9.17, 15) is 13.2 Å². The van der Waals surface area contributed by atoms with Gasteiger partial charge in [-0.1, -0.05) is 58.2 Å². The number of carbonyl (C=O) groups is 1. The first-order valence-corrected chi connectivity index (χ1v) is 11.4. The number of rotatable bonds is 6. The molecule has 2 aromatic heterocycles. The average molecular weight is 449 g/mol. The fraction of sp³-hybridized carbons (Fsp3) is 0.0833. The molecule has 3 aromatic rings. The van der Waals surface area contributed by atoms with Crippen molar-refractivity contribution < 1.29 is 13.2 Å². The number of nitrogens with one attached hydrogen (secondary N) is 2. The number of hydrogen-bond donors (Lipinski definition) is 2. The van der Waals surface area contributed by atoms with E-state index in [-0.39, 0.29) is 25.2 Å². The zero-order valence-electron chi connectivity index (χ0n) is 12.8. The number of sulfonamides is 1. The quantitative estimate of drug-likeness (QED) is 0.435. The van der Waals surface area contributed by atoms with Crippen molar-refractivity contribution in [3.8, 4) is 0 Å². The molecule has 0 aliphatic heterocycles. The molecule has 3 rings (SSSR count). The highest BCUT2D eigenvalue weighted by Crippen LogP contribution is 2.27. The van der Waals surface area contributed by atoms with Gasteiger partial charge in [0, 0.05) is 0 Å². The Morgan fingerprint density at radius 1 is 1.12 bits per heavy atom. The molecule has 0 bridgehead atoms. The standard InChI is InChI=1S/C12H9ClN6O3S4/c1-23-11-17-16-10(24-11)19-26(21,22)12-18-15-9(25-12)14-8(20)6-4-2-3-5-7(6)13/h2-5H,1H3,(H,16,19)(H,14,15,20). The van der Waals surface area contributed by atoms with Crippen molar-refractivity contribution >= 4 is 72.2 Å². The summed E-state index contributed by atoms with van der Waals surface area (Å²) in [6.45, 7) is 0. The molecule has 0 saturated carbocycles. The van der Waals surface area contributed by atoms with Crippen molar-refractivity contribution in [2.45, 2.75) is 8.68 Å². The summed E-state index contributed by atoms with van der Waals surface area (Å²) >= 11 is 9.10. The average Bonchev–Trinajstić information content (AvgIpc) is 3.24. The Labute approximate surface area is 165 Å². The van der Waals surface area contributed by atoms with E-state index in [1.165, 1.54) is 17.8 Å². The van der Waals surface area contributed by atoms with E-state index in [4.69, 9.17) is 11.6 Å². The molecular formula is C12H9ClN6O3S4. The predicted molar refractivity (Wildman–Crippen MR) is 102 cm³/mol. The molecule has 2 N–H and O–H groups in total. The van der Waals surface area contributed by atoms with Crippen molar-refractivity contribution in [3.05, 3.63) is 34.9 Å². The van der Waals surface area contributed by atoms with Crippen molar-refractivity contribution in [3.63, 3.8) is 0 Å². The van der Waals surface area contributed by atoms with Crippen LogP contribution in [0.4, 0.5) is 10.3 Å². The Bertz CT molecular complexity index is 1050. The van der Waals surface area contributed by atoms with Crippen LogP contribution >= 0.6 is 46.0 Å². The molecule has 0 spiro atoms. The van der Waals surface area contributed by atoms with Gasteiger partial charge in [-0.25, -0.2) is 0 Å². The van der Waals surface area contributed by atoms with Gasteiger partial charge in [-0.2, -0.15) is 8.42 Å². The van der Waals surface area contributed by atoms with E-state index >= 15 is 0 Å². The van der Waals surface area contributed by atoms with E-state index in [2.05, 4.69) is 30.4 Å². The molecule has 0 unspecified atom stereocenters. The molecule has 2 heterocycles. The normalized spacial score (nSPS) is 11.3. The van der Waals surface area contributed by atoms with Gasteiger partial charge < -0.3 is 0 Å². The van der Waals surface area contributed by atoms with Gasteiger partial charge in [0.25, 0.3) is 20.3 Å². The van der Waals surface area contributed by atoms with E-state index in [0.717, 1.165) is 11.3 Å². The zero-order valence-corrected chi connectivity index (χ0v) is 16.9. The van der Waals surface area contributed by atoms with Crippen molar-refractivity contribution in [1.82, 2.24) is 20.4 Å². The summed E-state index contributed by atoms with van der Waals surface area (Å²) < 4.78 is 27.2. The van der Waals surface area contributed by atoms with Crippen LogP contribution in [-0.4, -0.2) is 41.0 Å². The minimum atomic E-state index is -3.98. The van der Waals surface area contributed by atoms with Gasteiger partial charge in [-0.3, -0.25) is 14.8 Å². The number of nitrogens with zero attached hydrogens (tertiary/aromatic N) is 4. The zero-order chi connectivity index (χ0) is 18.7. The van der Waals surface area contributed by atoms with Crippen molar-refractivity contribution in [2.24, 2.45) is 0 Å². The highest BCUT2D eigenvalue weighted by Gasteiger charge is 2.23. The highest BCUT2D eigenvalue weighted by atomic mass is 35.5. The molecule has 9 nitrogen and oxygen atoms in total. The highest BCUT2D eigenvalue weighted by molar-refractivity contribution is 8.00.